The van der Waals surface area contributed by atoms with Crippen molar-refractivity contribution >= 4 is 102 Å². The summed E-state index contributed by atoms with van der Waals surface area (Å²) < 4.78 is 67.4. The smallest absolute Gasteiger partial charge is 0.425 e. The Hall–Kier alpha value is -3.76. The van der Waals surface area contributed by atoms with Gasteiger partial charge in [0.05, 0.1) is 29.5 Å². The lowest BCUT2D eigenvalue weighted by atomic mass is 9.81. The molecule has 8 rings (SSSR count). The molecule has 6 aliphatic rings. The summed E-state index contributed by atoms with van der Waals surface area (Å²) in [6.45, 7) is 13.3. The zero-order valence-electron chi connectivity index (χ0n) is 42.8. The van der Waals surface area contributed by atoms with E-state index in [1.807, 2.05) is 7.05 Å². The Morgan fingerprint density at radius 2 is 1.10 bits per heavy atom. The van der Waals surface area contributed by atoms with Crippen molar-refractivity contribution in [3.05, 3.63) is 31.2 Å². The van der Waals surface area contributed by atoms with Gasteiger partial charge >= 0.3 is 32.6 Å². The van der Waals surface area contributed by atoms with Gasteiger partial charge in [0.25, 0.3) is 11.1 Å². The number of hydrogen-bond donors (Lipinski definition) is 1. The van der Waals surface area contributed by atoms with Gasteiger partial charge in [-0.3, -0.25) is 19.2 Å². The van der Waals surface area contributed by atoms with Crippen molar-refractivity contribution in [1.82, 2.24) is 47.2 Å². The molecule has 404 valence electrons. The molecule has 2 aromatic rings. The van der Waals surface area contributed by atoms with Crippen LogP contribution in [0, 0.1) is 11.8 Å². The number of fused-ring (bicyclic) bond motifs is 4. The van der Waals surface area contributed by atoms with E-state index in [4.69, 9.17) is 21.1 Å². The normalized spacial score (nSPS) is 25.3. The standard InChI is InChI=1S/C22H33N5O6S2.C14H25N3O5S.C8H9ClN2OS.ClH/c1-22(2,3)33-21(30)27-15-8-7-13(19(28)24(4)5)11-16(15)26(35(27,31)32)20(29)18-23-14-9-10-25(6)12-17(14)34-18;1-14(2,3)22-13(19)17-11-7-6-9(12(18)16(4)5)8-10(11)15-23(17,20)21;1-11-3-2-5-6(4-11)13-8(10-5)7(9)12;/h13,15-16H,7-12H2,1-6H3;9-11,15H,6-8H2,1-5H3;2-4H2,1H3;1H/t13-,15?,16+;9-,10+,11-;;/m00../s1. The van der Waals surface area contributed by atoms with Crippen LogP contribution in [0.15, 0.2) is 0 Å². The molecule has 4 fully saturated rings. The van der Waals surface area contributed by atoms with Crippen molar-refractivity contribution in [2.45, 2.75) is 141 Å². The first-order valence-corrected chi connectivity index (χ1v) is 28.3. The van der Waals surface area contributed by atoms with Crippen molar-refractivity contribution in [3.8, 4) is 0 Å². The molecule has 0 spiro atoms. The average Bonchev–Trinajstić information content (AvgIpc) is 3.99. The summed E-state index contributed by atoms with van der Waals surface area (Å²) in [6, 6.07) is -2.62. The van der Waals surface area contributed by atoms with Crippen LogP contribution in [0.5, 0.6) is 0 Å². The molecule has 22 nitrogen and oxygen atoms in total. The molecule has 0 aromatic carbocycles. The van der Waals surface area contributed by atoms with Crippen LogP contribution in [-0.4, -0.2) is 185 Å². The number of aromatic nitrogens is 2. The van der Waals surface area contributed by atoms with Gasteiger partial charge < -0.3 is 29.1 Å². The minimum Gasteiger partial charge on any atom is -0.443 e. The van der Waals surface area contributed by atoms with Gasteiger partial charge in [0.1, 0.15) is 11.2 Å². The fraction of sp³-hybridized carbons (Fsp3) is 0.727. The van der Waals surface area contributed by atoms with Crippen molar-refractivity contribution in [2.24, 2.45) is 11.8 Å². The molecule has 2 saturated heterocycles. The zero-order chi connectivity index (χ0) is 52.9. The van der Waals surface area contributed by atoms with E-state index in [1.165, 1.54) is 37.4 Å². The molecule has 28 heteroatoms. The van der Waals surface area contributed by atoms with E-state index in [0.717, 1.165) is 50.9 Å². The topological polar surface area (TPSA) is 250 Å². The van der Waals surface area contributed by atoms with Gasteiger partial charge in [0, 0.05) is 94.8 Å². The Labute approximate surface area is 441 Å². The Morgan fingerprint density at radius 3 is 1.57 bits per heavy atom. The molecule has 0 bridgehead atoms. The number of hydrogen-bond acceptors (Lipinski definition) is 18. The Bertz CT molecular complexity index is 2620. The number of halogens is 2. The number of ether oxygens (including phenoxy) is 2. The fourth-order valence-corrected chi connectivity index (χ4v) is 15.3. The number of carbonyl (C=O) groups is 6. The number of nitrogens with zero attached hydrogens (tertiary/aromatic N) is 9. The maximum Gasteiger partial charge on any atom is 0.425 e. The highest BCUT2D eigenvalue weighted by Crippen LogP contribution is 2.43. The number of amides is 5. The lowest BCUT2D eigenvalue weighted by Crippen LogP contribution is -2.48. The molecule has 6 heterocycles. The third-order valence-electron chi connectivity index (χ3n) is 12.7. The van der Waals surface area contributed by atoms with Gasteiger partial charge in [-0.25, -0.2) is 23.9 Å². The average molecular weight is 1130 g/mol. The van der Waals surface area contributed by atoms with Crippen molar-refractivity contribution < 1.29 is 55.1 Å². The quantitative estimate of drug-likeness (QED) is 0.419. The monoisotopic (exact) mass is 1130 g/mol. The Kier molecular flexibility index (Phi) is 18.6. The van der Waals surface area contributed by atoms with Gasteiger partial charge in [-0.2, -0.15) is 30.2 Å². The maximum atomic E-state index is 13.7. The molecule has 0 radical (unpaired) electrons. The number of nitrogens with one attached hydrogen (secondary N) is 1. The fourth-order valence-electron chi connectivity index (χ4n) is 9.51. The Balaban J connectivity index is 0.000000222. The minimum atomic E-state index is -4.54. The number of likely N-dealkylation sites (N-methyl/N-ethyl adjacent to an activating group) is 2. The summed E-state index contributed by atoms with van der Waals surface area (Å²) in [5, 5.41) is 0.0729. The zero-order valence-corrected chi connectivity index (χ0v) is 47.6. The molecule has 4 aliphatic heterocycles. The molecule has 6 atom stereocenters. The molecule has 1 N–H and O–H groups in total. The van der Waals surface area contributed by atoms with E-state index < -0.39 is 85.0 Å². The highest BCUT2D eigenvalue weighted by Gasteiger charge is 2.60. The van der Waals surface area contributed by atoms with Crippen LogP contribution >= 0.6 is 46.7 Å². The minimum absolute atomic E-state index is 0. The number of rotatable bonds is 4. The summed E-state index contributed by atoms with van der Waals surface area (Å²) in [7, 11) is 2.22. The molecule has 2 saturated carbocycles. The molecule has 5 amide bonds. The largest absolute Gasteiger partial charge is 0.443 e. The van der Waals surface area contributed by atoms with E-state index >= 15 is 0 Å². The van der Waals surface area contributed by atoms with E-state index in [1.54, 1.807) is 69.7 Å². The van der Waals surface area contributed by atoms with Crippen LogP contribution in [0.3, 0.4) is 0 Å². The molecule has 1 unspecified atom stereocenters. The molecule has 2 aliphatic carbocycles. The van der Waals surface area contributed by atoms with Gasteiger partial charge in [-0.15, -0.1) is 35.1 Å². The van der Waals surface area contributed by atoms with Gasteiger partial charge in [0.15, 0.2) is 10.0 Å². The molecular formula is C44H68Cl2N10O12S4. The van der Waals surface area contributed by atoms with Crippen LogP contribution in [0.25, 0.3) is 0 Å². The lowest BCUT2D eigenvalue weighted by molar-refractivity contribution is -0.135. The van der Waals surface area contributed by atoms with Crippen LogP contribution in [0.1, 0.15) is 121 Å². The van der Waals surface area contributed by atoms with Gasteiger partial charge in [-0.1, -0.05) is 0 Å². The summed E-state index contributed by atoms with van der Waals surface area (Å²) in [5.41, 5.74) is 0.158. The first kappa shape index (κ1) is 59.1. The van der Waals surface area contributed by atoms with Gasteiger partial charge in [-0.05, 0) is 106 Å². The SMILES string of the molecule is CN(C)C(=O)[C@H]1CC[C@H]2[C@@H](C1)NS(=O)(=O)N2C(=O)OC(C)(C)C.CN1CCc2nc(C(=O)Cl)sc2C1.CN1CCc2nc(C(=O)N3[C@@H]4C[C@@H](C(=O)N(C)C)CCC4N(C(=O)OC(C)(C)C)S3(=O)=O)sc2C1.Cl. The van der Waals surface area contributed by atoms with Crippen LogP contribution in [-0.2, 0) is 65.4 Å². The Morgan fingerprint density at radius 1 is 0.653 bits per heavy atom. The van der Waals surface area contributed by atoms with Gasteiger partial charge in [0.2, 0.25) is 11.8 Å². The highest BCUT2D eigenvalue weighted by molar-refractivity contribution is 7.88. The second-order valence-corrected chi connectivity index (χ2v) is 26.9. The lowest BCUT2D eigenvalue weighted by Gasteiger charge is -2.34. The first-order chi connectivity index (χ1) is 32.8. The van der Waals surface area contributed by atoms with E-state index in [-0.39, 0.29) is 48.0 Å². The summed E-state index contributed by atoms with van der Waals surface area (Å²) >= 11 is 7.96. The number of carbonyl (C=O) groups excluding carboxylic acids is 6. The molecular weight excluding hydrogens is 1060 g/mol. The van der Waals surface area contributed by atoms with E-state index in [2.05, 4.69) is 31.5 Å². The van der Waals surface area contributed by atoms with Crippen LogP contribution in [0.4, 0.5) is 9.59 Å². The van der Waals surface area contributed by atoms with E-state index in [9.17, 15) is 45.6 Å². The summed E-state index contributed by atoms with van der Waals surface area (Å²) in [6.07, 6.45) is 1.91. The predicted octanol–water partition coefficient (Wildman–Crippen LogP) is 4.32. The summed E-state index contributed by atoms with van der Waals surface area (Å²) in [5.74, 6) is -1.58. The third-order valence-corrected chi connectivity index (χ3v) is 18.5. The van der Waals surface area contributed by atoms with Crippen molar-refractivity contribution in [1.29, 1.82) is 0 Å². The van der Waals surface area contributed by atoms with E-state index in [0.29, 0.717) is 48.0 Å². The second-order valence-electron chi connectivity index (χ2n) is 21.1. The van der Waals surface area contributed by atoms with Crippen molar-refractivity contribution in [3.63, 3.8) is 0 Å². The molecule has 2 aromatic heterocycles. The van der Waals surface area contributed by atoms with Crippen LogP contribution in [0.2, 0.25) is 0 Å². The maximum absolute atomic E-state index is 13.7. The van der Waals surface area contributed by atoms with Crippen molar-refractivity contribution in [2.75, 3.05) is 55.4 Å². The highest BCUT2D eigenvalue weighted by atomic mass is 35.5. The second kappa shape index (κ2) is 22.6. The summed E-state index contributed by atoms with van der Waals surface area (Å²) in [4.78, 5) is 92.7. The predicted molar refractivity (Wildman–Crippen MR) is 272 cm³/mol. The third kappa shape index (κ3) is 13.4. The first-order valence-electron chi connectivity index (χ1n) is 23.4. The van der Waals surface area contributed by atoms with Crippen LogP contribution < -0.4 is 4.72 Å². The molecule has 72 heavy (non-hydrogen) atoms. The number of thiazole rings is 2.